The van der Waals surface area contributed by atoms with Crippen LogP contribution >= 0.6 is 11.6 Å². The van der Waals surface area contributed by atoms with Crippen LogP contribution in [0.15, 0.2) is 41.0 Å². The van der Waals surface area contributed by atoms with Gasteiger partial charge >= 0.3 is 0 Å². The molecule has 0 atom stereocenters. The number of ether oxygens (including phenoxy) is 1. The van der Waals surface area contributed by atoms with Crippen LogP contribution in [0.1, 0.15) is 12.2 Å². The lowest BCUT2D eigenvalue weighted by molar-refractivity contribution is -0.117. The Morgan fingerprint density at radius 3 is 2.95 bits per heavy atom. The summed E-state index contributed by atoms with van der Waals surface area (Å²) in [5.41, 5.74) is 6.67. The zero-order valence-corrected chi connectivity index (χ0v) is 11.5. The molecule has 0 radical (unpaired) electrons. The van der Waals surface area contributed by atoms with E-state index >= 15 is 0 Å². The summed E-state index contributed by atoms with van der Waals surface area (Å²) in [7, 11) is 0. The molecule has 6 heteroatoms. The lowest BCUT2D eigenvalue weighted by atomic mass is 10.2. The van der Waals surface area contributed by atoms with Crippen LogP contribution in [0, 0.1) is 0 Å². The number of furan rings is 1. The minimum Gasteiger partial charge on any atom is -0.467 e. The highest BCUT2D eigenvalue weighted by atomic mass is 35.5. The molecule has 1 aromatic heterocycles. The summed E-state index contributed by atoms with van der Waals surface area (Å²) in [6, 6.07) is 8.53. The number of hydrogen-bond donors (Lipinski definition) is 2. The molecule has 5 nitrogen and oxygen atoms in total. The highest BCUT2D eigenvalue weighted by Crippen LogP contribution is 2.24. The molecule has 0 saturated carbocycles. The number of amides is 1. The molecule has 0 bridgehead atoms. The van der Waals surface area contributed by atoms with E-state index in [1.807, 2.05) is 6.07 Å². The van der Waals surface area contributed by atoms with Crippen LogP contribution in [0.5, 0.6) is 0 Å². The third-order valence-corrected chi connectivity index (χ3v) is 2.88. The van der Waals surface area contributed by atoms with Gasteiger partial charge in [-0.2, -0.15) is 0 Å². The number of nitrogen functional groups attached to an aromatic ring is 1. The summed E-state index contributed by atoms with van der Waals surface area (Å²) < 4.78 is 10.4. The van der Waals surface area contributed by atoms with Crippen LogP contribution in [0.2, 0.25) is 5.02 Å². The minimum absolute atomic E-state index is 0.170. The molecule has 1 amide bonds. The number of benzene rings is 1. The Bertz CT molecular complexity index is 570. The summed E-state index contributed by atoms with van der Waals surface area (Å²) >= 11 is 5.96. The van der Waals surface area contributed by atoms with E-state index in [0.29, 0.717) is 29.6 Å². The molecule has 1 aromatic carbocycles. The normalized spacial score (nSPS) is 10.4. The van der Waals surface area contributed by atoms with Gasteiger partial charge in [-0.15, -0.1) is 0 Å². The second-order valence-corrected chi connectivity index (χ2v) is 4.58. The fourth-order valence-electron chi connectivity index (χ4n) is 1.58. The number of hydrogen-bond acceptors (Lipinski definition) is 4. The van der Waals surface area contributed by atoms with Gasteiger partial charge in [-0.25, -0.2) is 0 Å². The van der Waals surface area contributed by atoms with Crippen molar-refractivity contribution < 1.29 is 13.9 Å². The molecule has 2 rings (SSSR count). The number of halogens is 1. The van der Waals surface area contributed by atoms with E-state index in [1.165, 1.54) is 0 Å². The minimum atomic E-state index is -0.170. The van der Waals surface area contributed by atoms with E-state index in [-0.39, 0.29) is 12.3 Å². The highest BCUT2D eigenvalue weighted by molar-refractivity contribution is 6.34. The Morgan fingerprint density at radius 1 is 1.40 bits per heavy atom. The first-order chi connectivity index (χ1) is 9.65. The lowest BCUT2D eigenvalue weighted by Crippen LogP contribution is -2.14. The Kier molecular flexibility index (Phi) is 5.03. The summed E-state index contributed by atoms with van der Waals surface area (Å²) in [5, 5.41) is 3.11. The van der Waals surface area contributed by atoms with Crippen LogP contribution in [0.25, 0.3) is 0 Å². The van der Waals surface area contributed by atoms with E-state index in [2.05, 4.69) is 5.32 Å². The second kappa shape index (κ2) is 6.98. The first-order valence-corrected chi connectivity index (χ1v) is 6.48. The topological polar surface area (TPSA) is 77.5 Å². The van der Waals surface area contributed by atoms with E-state index in [0.717, 1.165) is 5.76 Å². The molecule has 0 aliphatic rings. The zero-order chi connectivity index (χ0) is 14.4. The number of anilines is 2. The molecular formula is C14H15ClN2O3. The van der Waals surface area contributed by atoms with Gasteiger partial charge in [-0.3, -0.25) is 4.79 Å². The van der Waals surface area contributed by atoms with E-state index in [9.17, 15) is 4.79 Å². The summed E-state index contributed by atoms with van der Waals surface area (Å²) in [6.45, 7) is 0.655. The maximum atomic E-state index is 11.7. The maximum absolute atomic E-state index is 11.7. The van der Waals surface area contributed by atoms with Gasteiger partial charge in [0.05, 0.1) is 30.0 Å². The first kappa shape index (κ1) is 14.4. The van der Waals surface area contributed by atoms with Gasteiger partial charge in [0.25, 0.3) is 0 Å². The lowest BCUT2D eigenvalue weighted by Gasteiger charge is -2.08. The van der Waals surface area contributed by atoms with Gasteiger partial charge < -0.3 is 20.2 Å². The largest absolute Gasteiger partial charge is 0.467 e. The van der Waals surface area contributed by atoms with Gasteiger partial charge in [0, 0.05) is 5.69 Å². The van der Waals surface area contributed by atoms with Crippen molar-refractivity contribution in [2.75, 3.05) is 17.7 Å². The van der Waals surface area contributed by atoms with Crippen LogP contribution < -0.4 is 11.1 Å². The van der Waals surface area contributed by atoms with Gasteiger partial charge in [0.2, 0.25) is 5.91 Å². The average Bonchev–Trinajstić information content (AvgIpc) is 2.91. The number of rotatable bonds is 6. The molecule has 0 fully saturated rings. The zero-order valence-electron chi connectivity index (χ0n) is 10.8. The predicted octanol–water partition coefficient (Wildman–Crippen LogP) is 3.06. The molecular weight excluding hydrogens is 280 g/mol. The van der Waals surface area contributed by atoms with Crippen LogP contribution in [0.4, 0.5) is 11.4 Å². The molecule has 3 N–H and O–H groups in total. The standard InChI is InChI=1S/C14H15ClN2O3/c15-12-8-10(16)3-4-13(12)17-14(18)5-7-19-9-11-2-1-6-20-11/h1-4,6,8H,5,7,9,16H2,(H,17,18). The van der Waals surface area contributed by atoms with Crippen LogP contribution in [0.3, 0.4) is 0 Å². The van der Waals surface area contributed by atoms with Gasteiger partial charge in [0.15, 0.2) is 0 Å². The average molecular weight is 295 g/mol. The summed E-state index contributed by atoms with van der Waals surface area (Å²) in [4.78, 5) is 11.7. The number of carbonyl (C=O) groups excluding carboxylic acids is 1. The van der Waals surface area contributed by atoms with Crippen molar-refractivity contribution in [1.82, 2.24) is 0 Å². The molecule has 0 spiro atoms. The molecule has 0 aliphatic carbocycles. The molecule has 106 valence electrons. The van der Waals surface area contributed by atoms with Crippen molar-refractivity contribution in [1.29, 1.82) is 0 Å². The molecule has 0 unspecified atom stereocenters. The molecule has 2 aromatic rings. The van der Waals surface area contributed by atoms with E-state index in [4.69, 9.17) is 26.5 Å². The Hall–Kier alpha value is -1.98. The number of carbonyl (C=O) groups is 1. The summed E-state index contributed by atoms with van der Waals surface area (Å²) in [5.74, 6) is 0.558. The third kappa shape index (κ3) is 4.29. The first-order valence-electron chi connectivity index (χ1n) is 6.10. The van der Waals surface area contributed by atoms with Crippen molar-refractivity contribution in [3.63, 3.8) is 0 Å². The smallest absolute Gasteiger partial charge is 0.226 e. The van der Waals surface area contributed by atoms with Gasteiger partial charge in [0.1, 0.15) is 12.4 Å². The van der Waals surface area contributed by atoms with Gasteiger partial charge in [-0.1, -0.05) is 11.6 Å². The number of nitrogens with one attached hydrogen (secondary N) is 1. The monoisotopic (exact) mass is 294 g/mol. The maximum Gasteiger partial charge on any atom is 0.226 e. The fraction of sp³-hybridized carbons (Fsp3) is 0.214. The van der Waals surface area contributed by atoms with Crippen molar-refractivity contribution >= 4 is 28.9 Å². The van der Waals surface area contributed by atoms with E-state index in [1.54, 1.807) is 30.5 Å². The third-order valence-electron chi connectivity index (χ3n) is 2.57. The summed E-state index contributed by atoms with van der Waals surface area (Å²) in [6.07, 6.45) is 1.82. The molecule has 0 saturated heterocycles. The molecule has 0 aliphatic heterocycles. The van der Waals surface area contributed by atoms with Crippen LogP contribution in [-0.4, -0.2) is 12.5 Å². The van der Waals surface area contributed by atoms with Crippen molar-refractivity contribution in [3.05, 3.63) is 47.4 Å². The Labute approximate surface area is 121 Å². The van der Waals surface area contributed by atoms with Crippen LogP contribution in [-0.2, 0) is 16.1 Å². The Balaban J connectivity index is 1.72. The quantitative estimate of drug-likeness (QED) is 0.634. The van der Waals surface area contributed by atoms with Gasteiger partial charge in [-0.05, 0) is 30.3 Å². The molecule has 20 heavy (non-hydrogen) atoms. The molecule has 1 heterocycles. The van der Waals surface area contributed by atoms with Crippen molar-refractivity contribution in [2.24, 2.45) is 0 Å². The predicted molar refractivity (Wildman–Crippen MR) is 77.5 cm³/mol. The second-order valence-electron chi connectivity index (χ2n) is 4.17. The fourth-order valence-corrected chi connectivity index (χ4v) is 1.81. The highest BCUT2D eigenvalue weighted by Gasteiger charge is 2.06. The van der Waals surface area contributed by atoms with Crippen molar-refractivity contribution in [2.45, 2.75) is 13.0 Å². The Morgan fingerprint density at radius 2 is 2.25 bits per heavy atom. The SMILES string of the molecule is Nc1ccc(NC(=O)CCOCc2ccco2)c(Cl)c1. The number of nitrogens with two attached hydrogens (primary N) is 1. The van der Waals surface area contributed by atoms with E-state index < -0.39 is 0 Å². The van der Waals surface area contributed by atoms with Crippen molar-refractivity contribution in [3.8, 4) is 0 Å².